The molecule has 0 atom stereocenters. The first-order valence-corrected chi connectivity index (χ1v) is 7.06. The van der Waals surface area contributed by atoms with Gasteiger partial charge in [-0.3, -0.25) is 9.59 Å². The molecule has 1 heterocycles. The molecule has 0 aliphatic rings. The third kappa shape index (κ3) is 3.57. The van der Waals surface area contributed by atoms with Gasteiger partial charge in [0.15, 0.2) is 22.4 Å². The molecule has 2 N–H and O–H groups in total. The van der Waals surface area contributed by atoms with E-state index >= 15 is 0 Å². The van der Waals surface area contributed by atoms with Gasteiger partial charge in [0, 0.05) is 13.1 Å². The van der Waals surface area contributed by atoms with Crippen molar-refractivity contribution >= 4 is 34.7 Å². The lowest BCUT2D eigenvalue weighted by molar-refractivity contribution is 0.0956. The number of methoxy groups -OCH3 is 1. The van der Waals surface area contributed by atoms with Crippen LogP contribution in [0.4, 0.5) is 11.4 Å². The minimum absolute atomic E-state index is 0.0761. The number of anilines is 2. The zero-order valence-electron chi connectivity index (χ0n) is 12.8. The summed E-state index contributed by atoms with van der Waals surface area (Å²) in [4.78, 5) is 23.6. The molecule has 7 nitrogen and oxygen atoms in total. The number of amides is 1. The maximum Gasteiger partial charge on any atom is 0.273 e. The van der Waals surface area contributed by atoms with E-state index in [0.717, 1.165) is 0 Å². The number of benzene rings is 1. The van der Waals surface area contributed by atoms with Crippen LogP contribution in [-0.2, 0) is 0 Å². The smallest absolute Gasteiger partial charge is 0.273 e. The third-order valence-corrected chi connectivity index (χ3v) is 3.26. The molecule has 0 saturated heterocycles. The van der Waals surface area contributed by atoms with E-state index in [1.807, 2.05) is 0 Å². The quantitative estimate of drug-likeness (QED) is 0.816. The second-order valence-electron chi connectivity index (χ2n) is 4.58. The number of para-hydroxylation sites is 1. The largest absolute Gasteiger partial charge is 0.494 e. The monoisotopic (exact) mass is 334 g/mol. The molecule has 0 radical (unpaired) electrons. The second kappa shape index (κ2) is 7.06. The highest BCUT2D eigenvalue weighted by Gasteiger charge is 2.17. The van der Waals surface area contributed by atoms with Crippen molar-refractivity contribution in [1.29, 1.82) is 0 Å². The maximum absolute atomic E-state index is 11.9. The van der Waals surface area contributed by atoms with Crippen LogP contribution in [0.3, 0.4) is 0 Å². The maximum atomic E-state index is 11.9. The van der Waals surface area contributed by atoms with E-state index in [-0.39, 0.29) is 16.6 Å². The lowest BCUT2D eigenvalue weighted by Crippen LogP contribution is -2.21. The van der Waals surface area contributed by atoms with Crippen LogP contribution >= 0.6 is 11.6 Å². The lowest BCUT2D eigenvalue weighted by Gasteiger charge is -2.15. The van der Waals surface area contributed by atoms with Crippen LogP contribution in [0.25, 0.3) is 0 Å². The number of ether oxygens (including phenoxy) is 1. The Hall–Kier alpha value is -2.67. The Labute approximate surface area is 138 Å². The molecule has 0 bridgehead atoms. The van der Waals surface area contributed by atoms with Crippen molar-refractivity contribution in [2.75, 3.05) is 19.5 Å². The molecule has 0 spiro atoms. The molecule has 8 heteroatoms. The predicted molar refractivity (Wildman–Crippen MR) is 86.7 cm³/mol. The average Bonchev–Trinajstić information content (AvgIpc) is 2.54. The van der Waals surface area contributed by atoms with Gasteiger partial charge in [-0.1, -0.05) is 17.7 Å². The first-order chi connectivity index (χ1) is 11.0. The van der Waals surface area contributed by atoms with Crippen LogP contribution in [0.2, 0.25) is 5.15 Å². The Balaban J connectivity index is 2.51. The van der Waals surface area contributed by atoms with Crippen molar-refractivity contribution in [3.63, 3.8) is 0 Å². The molecule has 2 aromatic rings. The van der Waals surface area contributed by atoms with Gasteiger partial charge in [0.1, 0.15) is 0 Å². The van der Waals surface area contributed by atoms with E-state index in [0.29, 0.717) is 22.7 Å². The molecule has 0 fully saturated rings. The van der Waals surface area contributed by atoms with Gasteiger partial charge in [-0.15, -0.1) is 10.2 Å². The Kier molecular flexibility index (Phi) is 5.13. The number of nitrogens with zero attached hydrogens (tertiary/aromatic N) is 2. The molecule has 1 aromatic carbocycles. The van der Waals surface area contributed by atoms with Gasteiger partial charge in [0.05, 0.1) is 24.0 Å². The van der Waals surface area contributed by atoms with E-state index in [1.165, 1.54) is 27.1 Å². The van der Waals surface area contributed by atoms with Crippen LogP contribution in [-0.4, -0.2) is 36.0 Å². The molecule has 120 valence electrons. The Bertz CT molecular complexity index is 764. The fraction of sp³-hybridized carbons (Fsp3) is 0.200. The molecular formula is C15H15ClN4O3. The van der Waals surface area contributed by atoms with Crippen molar-refractivity contribution in [1.82, 2.24) is 15.5 Å². The highest BCUT2D eigenvalue weighted by molar-refractivity contribution is 6.29. The zero-order valence-corrected chi connectivity index (χ0v) is 13.6. The summed E-state index contributed by atoms with van der Waals surface area (Å²) in [5.74, 6) is -0.183. The van der Waals surface area contributed by atoms with Crippen molar-refractivity contribution in [3.05, 3.63) is 40.7 Å². The van der Waals surface area contributed by atoms with Gasteiger partial charge in [0.2, 0.25) is 0 Å². The first kappa shape index (κ1) is 16.7. The minimum Gasteiger partial charge on any atom is -0.494 e. The number of ketones is 1. The fourth-order valence-corrected chi connectivity index (χ4v) is 2.17. The van der Waals surface area contributed by atoms with Gasteiger partial charge in [0.25, 0.3) is 5.91 Å². The average molecular weight is 335 g/mol. The highest BCUT2D eigenvalue weighted by Crippen LogP contribution is 2.32. The number of carbonyl (C=O) groups excluding carboxylic acids is 2. The van der Waals surface area contributed by atoms with Gasteiger partial charge >= 0.3 is 0 Å². The summed E-state index contributed by atoms with van der Waals surface area (Å²) in [6.07, 6.45) is 0. The summed E-state index contributed by atoms with van der Waals surface area (Å²) < 4.78 is 5.31. The van der Waals surface area contributed by atoms with E-state index < -0.39 is 5.91 Å². The number of carbonyl (C=O) groups is 2. The molecular weight excluding hydrogens is 320 g/mol. The molecule has 0 aliphatic carbocycles. The number of nitrogens with one attached hydrogen (secondary N) is 2. The highest BCUT2D eigenvalue weighted by atomic mass is 35.5. The summed E-state index contributed by atoms with van der Waals surface area (Å²) in [7, 11) is 2.95. The summed E-state index contributed by atoms with van der Waals surface area (Å²) in [6.45, 7) is 1.45. The van der Waals surface area contributed by atoms with Crippen molar-refractivity contribution in [2.24, 2.45) is 0 Å². The Morgan fingerprint density at radius 2 is 1.96 bits per heavy atom. The molecule has 1 amide bonds. The molecule has 0 unspecified atom stereocenters. The number of rotatable bonds is 5. The van der Waals surface area contributed by atoms with Gasteiger partial charge in [-0.2, -0.15) is 0 Å². The number of halogens is 1. The zero-order chi connectivity index (χ0) is 17.0. The molecule has 1 aromatic heterocycles. The Morgan fingerprint density at radius 3 is 2.57 bits per heavy atom. The van der Waals surface area contributed by atoms with Crippen LogP contribution < -0.4 is 15.4 Å². The topological polar surface area (TPSA) is 93.2 Å². The molecule has 0 saturated carbocycles. The second-order valence-corrected chi connectivity index (χ2v) is 4.96. The summed E-state index contributed by atoms with van der Waals surface area (Å²) >= 11 is 5.86. The summed E-state index contributed by atoms with van der Waals surface area (Å²) in [6, 6.07) is 6.55. The number of hydrogen-bond acceptors (Lipinski definition) is 6. The van der Waals surface area contributed by atoms with Crippen LogP contribution in [0, 0.1) is 0 Å². The van der Waals surface area contributed by atoms with Crippen molar-refractivity contribution < 1.29 is 14.3 Å². The normalized spacial score (nSPS) is 10.1. The Morgan fingerprint density at radius 1 is 1.22 bits per heavy atom. The number of aromatic nitrogens is 2. The van der Waals surface area contributed by atoms with E-state index in [9.17, 15) is 9.59 Å². The van der Waals surface area contributed by atoms with E-state index in [2.05, 4.69) is 20.8 Å². The van der Waals surface area contributed by atoms with E-state index in [4.69, 9.17) is 16.3 Å². The predicted octanol–water partition coefficient (Wildman–Crippen LogP) is 2.44. The van der Waals surface area contributed by atoms with Gasteiger partial charge in [-0.25, -0.2) is 0 Å². The fourth-order valence-electron chi connectivity index (χ4n) is 2.03. The SMILES string of the molecule is CNC(=O)c1nnc(Cl)cc1Nc1cccc(C(C)=O)c1OC. The van der Waals surface area contributed by atoms with Crippen molar-refractivity contribution in [2.45, 2.75) is 6.92 Å². The van der Waals surface area contributed by atoms with Gasteiger partial charge < -0.3 is 15.4 Å². The minimum atomic E-state index is -0.418. The van der Waals surface area contributed by atoms with Crippen LogP contribution in [0.15, 0.2) is 24.3 Å². The van der Waals surface area contributed by atoms with Crippen LogP contribution in [0.1, 0.15) is 27.8 Å². The van der Waals surface area contributed by atoms with Crippen molar-refractivity contribution in [3.8, 4) is 5.75 Å². The molecule has 23 heavy (non-hydrogen) atoms. The summed E-state index contributed by atoms with van der Waals surface area (Å²) in [5, 5.41) is 13.1. The summed E-state index contributed by atoms with van der Waals surface area (Å²) in [5.41, 5.74) is 1.36. The lowest BCUT2D eigenvalue weighted by atomic mass is 10.1. The number of Topliss-reactive ketones (excluding diaryl/α,β-unsaturated/α-hetero) is 1. The van der Waals surface area contributed by atoms with Gasteiger partial charge in [-0.05, 0) is 19.1 Å². The van der Waals surface area contributed by atoms with E-state index in [1.54, 1.807) is 18.2 Å². The standard InChI is InChI=1S/C15H15ClN4O3/c1-8(21)9-5-4-6-10(14(9)23-3)18-11-7-12(16)19-20-13(11)15(22)17-2/h4-7H,1-3H3,(H,17,22)(H,18,19). The van der Waals surface area contributed by atoms with Crippen LogP contribution in [0.5, 0.6) is 5.75 Å². The third-order valence-electron chi connectivity index (χ3n) is 3.07. The first-order valence-electron chi connectivity index (χ1n) is 6.68. The number of hydrogen-bond donors (Lipinski definition) is 2. The molecule has 0 aliphatic heterocycles. The molecule has 2 rings (SSSR count).